The van der Waals surface area contributed by atoms with Crippen LogP contribution in [0.5, 0.6) is 5.75 Å². The maximum atomic E-state index is 13.9. The molecule has 0 bridgehead atoms. The molecule has 3 aromatic rings. The van der Waals surface area contributed by atoms with Crippen molar-refractivity contribution in [3.8, 4) is 5.75 Å². The van der Waals surface area contributed by atoms with Crippen LogP contribution in [0.1, 0.15) is 5.56 Å². The number of aliphatic hydroxyl groups excluding tert-OH is 1. The van der Waals surface area contributed by atoms with Gasteiger partial charge in [0.1, 0.15) is 11.4 Å². The largest absolute Gasteiger partial charge is 0.497 e. The number of hydrogen-bond acceptors (Lipinski definition) is 5. The van der Waals surface area contributed by atoms with E-state index in [9.17, 15) is 14.8 Å². The predicted octanol–water partition coefficient (Wildman–Crippen LogP) is 2.82. The van der Waals surface area contributed by atoms with E-state index in [1.54, 1.807) is 79.9 Å². The van der Waals surface area contributed by atoms with Gasteiger partial charge < -0.3 is 19.5 Å². The first-order valence-electron chi connectivity index (χ1n) is 8.85. The molecular formula is C22H23O5P. The molecule has 28 heavy (non-hydrogen) atoms. The number of ether oxygens (including phenoxy) is 1. The van der Waals surface area contributed by atoms with Gasteiger partial charge in [0.25, 0.3) is 7.37 Å². The number of benzene rings is 3. The number of aliphatic hydroxyl groups is 2. The van der Waals surface area contributed by atoms with Gasteiger partial charge in [0, 0.05) is 10.6 Å². The predicted molar refractivity (Wildman–Crippen MR) is 110 cm³/mol. The summed E-state index contributed by atoms with van der Waals surface area (Å²) in [7, 11) is -1.92. The van der Waals surface area contributed by atoms with E-state index in [2.05, 4.69) is 0 Å². The molecule has 0 heterocycles. The van der Waals surface area contributed by atoms with Crippen molar-refractivity contribution in [2.24, 2.45) is 0 Å². The Morgan fingerprint density at radius 2 is 1.36 bits per heavy atom. The zero-order valence-electron chi connectivity index (χ0n) is 15.6. The lowest BCUT2D eigenvalue weighted by Gasteiger charge is -2.29. The van der Waals surface area contributed by atoms with Crippen molar-refractivity contribution in [3.05, 3.63) is 90.5 Å². The van der Waals surface area contributed by atoms with Crippen LogP contribution in [0.2, 0.25) is 0 Å². The van der Waals surface area contributed by atoms with Crippen molar-refractivity contribution < 1.29 is 24.0 Å². The average Bonchev–Trinajstić information content (AvgIpc) is 2.78. The Hall–Kier alpha value is -2.43. The highest BCUT2D eigenvalue weighted by molar-refractivity contribution is 7.74. The molecule has 1 atom stereocenters. The van der Waals surface area contributed by atoms with E-state index in [4.69, 9.17) is 9.26 Å². The summed E-state index contributed by atoms with van der Waals surface area (Å²) in [4.78, 5) is 0. The Balaban J connectivity index is 1.93. The highest BCUT2D eigenvalue weighted by Crippen LogP contribution is 2.46. The average molecular weight is 398 g/mol. The second-order valence-corrected chi connectivity index (χ2v) is 8.81. The first-order valence-corrected chi connectivity index (χ1v) is 10.5. The van der Waals surface area contributed by atoms with Gasteiger partial charge in [-0.3, -0.25) is 4.57 Å². The molecule has 146 valence electrons. The van der Waals surface area contributed by atoms with Crippen molar-refractivity contribution in [2.45, 2.75) is 5.60 Å². The normalized spacial score (nSPS) is 13.7. The zero-order valence-corrected chi connectivity index (χ0v) is 16.5. The van der Waals surface area contributed by atoms with Gasteiger partial charge >= 0.3 is 0 Å². The van der Waals surface area contributed by atoms with Gasteiger partial charge in [0.05, 0.1) is 20.3 Å². The summed E-state index contributed by atoms with van der Waals surface area (Å²) in [6.45, 7) is -0.917. The van der Waals surface area contributed by atoms with Crippen LogP contribution in [0.3, 0.4) is 0 Å². The summed E-state index contributed by atoms with van der Waals surface area (Å²) in [5.74, 6) is 0.629. The van der Waals surface area contributed by atoms with Crippen LogP contribution in [-0.4, -0.2) is 30.5 Å². The molecule has 0 saturated heterocycles. The molecule has 0 aliphatic carbocycles. The molecule has 2 N–H and O–H groups in total. The maximum Gasteiger partial charge on any atom is 0.261 e. The fourth-order valence-corrected chi connectivity index (χ4v) is 4.99. The monoisotopic (exact) mass is 398 g/mol. The highest BCUT2D eigenvalue weighted by atomic mass is 31.2. The molecule has 0 amide bonds. The highest BCUT2D eigenvalue weighted by Gasteiger charge is 2.35. The SMILES string of the molecule is COc1ccc(C(O)(CO)COP(=O)(c2ccccc2)c2ccccc2)cc1. The van der Waals surface area contributed by atoms with E-state index in [0.29, 0.717) is 21.9 Å². The summed E-state index contributed by atoms with van der Waals surface area (Å²) in [5.41, 5.74) is -1.26. The molecule has 0 saturated carbocycles. The van der Waals surface area contributed by atoms with Crippen LogP contribution in [0.15, 0.2) is 84.9 Å². The molecule has 0 spiro atoms. The van der Waals surface area contributed by atoms with Crippen LogP contribution >= 0.6 is 7.37 Å². The van der Waals surface area contributed by atoms with Crippen molar-refractivity contribution >= 4 is 18.0 Å². The topological polar surface area (TPSA) is 76.0 Å². The van der Waals surface area contributed by atoms with E-state index >= 15 is 0 Å². The van der Waals surface area contributed by atoms with Crippen LogP contribution in [0, 0.1) is 0 Å². The molecule has 0 fully saturated rings. The summed E-state index contributed by atoms with van der Waals surface area (Å²) >= 11 is 0. The Morgan fingerprint density at radius 3 is 1.79 bits per heavy atom. The van der Waals surface area contributed by atoms with Crippen molar-refractivity contribution in [2.75, 3.05) is 20.3 Å². The minimum absolute atomic E-state index is 0.336. The van der Waals surface area contributed by atoms with Crippen LogP contribution < -0.4 is 15.3 Å². The fourth-order valence-electron chi connectivity index (χ4n) is 2.87. The van der Waals surface area contributed by atoms with Crippen molar-refractivity contribution in [3.63, 3.8) is 0 Å². The number of rotatable bonds is 8. The first kappa shape index (κ1) is 20.3. The van der Waals surface area contributed by atoms with E-state index in [1.807, 2.05) is 12.1 Å². The van der Waals surface area contributed by atoms with E-state index in [-0.39, 0.29) is 6.61 Å². The lowest BCUT2D eigenvalue weighted by molar-refractivity contribution is -0.0511. The van der Waals surface area contributed by atoms with Gasteiger partial charge in [0.2, 0.25) is 0 Å². The molecular weight excluding hydrogens is 375 g/mol. The third kappa shape index (κ3) is 4.18. The molecule has 6 heteroatoms. The molecule has 0 aromatic heterocycles. The lowest BCUT2D eigenvalue weighted by Crippen LogP contribution is -2.36. The number of methoxy groups -OCH3 is 1. The van der Waals surface area contributed by atoms with Gasteiger partial charge in [-0.15, -0.1) is 0 Å². The summed E-state index contributed by atoms with van der Waals surface area (Å²) in [6.07, 6.45) is 0. The van der Waals surface area contributed by atoms with Crippen LogP contribution in [0.25, 0.3) is 0 Å². The second-order valence-electron chi connectivity index (χ2n) is 6.41. The maximum absolute atomic E-state index is 13.9. The molecule has 1 unspecified atom stereocenters. The summed E-state index contributed by atoms with van der Waals surface area (Å²) in [5, 5.41) is 21.9. The van der Waals surface area contributed by atoms with Crippen molar-refractivity contribution in [1.29, 1.82) is 0 Å². The smallest absolute Gasteiger partial charge is 0.261 e. The van der Waals surface area contributed by atoms with E-state index in [0.717, 1.165) is 0 Å². The van der Waals surface area contributed by atoms with Gasteiger partial charge in [-0.25, -0.2) is 0 Å². The zero-order chi connectivity index (χ0) is 20.0. The Bertz CT molecular complexity index is 885. The van der Waals surface area contributed by atoms with Crippen LogP contribution in [0.4, 0.5) is 0 Å². The lowest BCUT2D eigenvalue weighted by atomic mass is 9.96. The van der Waals surface area contributed by atoms with Gasteiger partial charge in [0.15, 0.2) is 0 Å². The first-order chi connectivity index (χ1) is 13.5. The molecule has 0 aliphatic rings. The molecule has 3 aromatic carbocycles. The van der Waals surface area contributed by atoms with Gasteiger partial charge in [-0.2, -0.15) is 0 Å². The standard InChI is InChI=1S/C22H23O5P/c1-26-19-14-12-18(13-15-19)22(24,16-23)17-27-28(25,20-8-4-2-5-9-20)21-10-6-3-7-11-21/h2-15,23-24H,16-17H2,1H3. The molecule has 0 radical (unpaired) electrons. The third-order valence-corrected chi connectivity index (χ3v) is 7.01. The molecule has 0 aliphatic heterocycles. The van der Waals surface area contributed by atoms with Crippen LogP contribution in [-0.2, 0) is 14.7 Å². The third-order valence-electron chi connectivity index (χ3n) is 4.57. The summed E-state index contributed by atoms with van der Waals surface area (Å²) in [6, 6.07) is 24.4. The van der Waals surface area contributed by atoms with E-state index in [1.165, 1.54) is 0 Å². The minimum atomic E-state index is -3.47. The fraction of sp³-hybridized carbons (Fsp3) is 0.182. The number of hydrogen-bond donors (Lipinski definition) is 2. The minimum Gasteiger partial charge on any atom is -0.497 e. The Labute approximate surface area is 164 Å². The quantitative estimate of drug-likeness (QED) is 0.571. The van der Waals surface area contributed by atoms with Crippen molar-refractivity contribution in [1.82, 2.24) is 0 Å². The molecule has 5 nitrogen and oxygen atoms in total. The van der Waals surface area contributed by atoms with E-state index < -0.39 is 19.6 Å². The van der Waals surface area contributed by atoms with Gasteiger partial charge in [-0.1, -0.05) is 48.5 Å². The summed E-state index contributed by atoms with van der Waals surface area (Å²) < 4.78 is 24.9. The Kier molecular flexibility index (Phi) is 6.32. The van der Waals surface area contributed by atoms with Gasteiger partial charge in [-0.05, 0) is 42.0 Å². The molecule has 3 rings (SSSR count). The Morgan fingerprint density at radius 1 is 0.857 bits per heavy atom. The second kappa shape index (κ2) is 8.72.